The first kappa shape index (κ1) is 23.0. The Balaban J connectivity index is 1.83. The highest BCUT2D eigenvalue weighted by Gasteiger charge is 2.18. The number of rotatable bonds is 10. The molecule has 0 aromatic heterocycles. The minimum Gasteiger partial charge on any atom is -0.481 e. The zero-order chi connectivity index (χ0) is 21.4. The van der Waals surface area contributed by atoms with E-state index in [-0.39, 0.29) is 5.91 Å². The third kappa shape index (κ3) is 7.25. The number of anilines is 1. The first-order valence-corrected chi connectivity index (χ1v) is 11.7. The van der Waals surface area contributed by atoms with Crippen molar-refractivity contribution in [2.24, 2.45) is 0 Å². The van der Waals surface area contributed by atoms with Crippen LogP contribution in [0.5, 0.6) is 5.75 Å². The molecule has 0 aliphatic carbocycles. The number of hydrogen-bond acceptors (Lipinski definition) is 4. The van der Waals surface area contributed by atoms with Gasteiger partial charge in [-0.15, -0.1) is 0 Å². The highest BCUT2D eigenvalue weighted by molar-refractivity contribution is 7.92. The van der Waals surface area contributed by atoms with Crippen LogP contribution in [0.3, 0.4) is 0 Å². The molecule has 6 nitrogen and oxygen atoms in total. The van der Waals surface area contributed by atoms with Gasteiger partial charge in [0.15, 0.2) is 6.10 Å². The molecule has 2 aromatic rings. The lowest BCUT2D eigenvalue weighted by Gasteiger charge is -2.19. The molecule has 0 aliphatic rings. The third-order valence-corrected chi connectivity index (χ3v) is 5.95. The molecule has 1 amide bonds. The van der Waals surface area contributed by atoms with E-state index in [0.717, 1.165) is 19.1 Å². The van der Waals surface area contributed by atoms with E-state index in [1.165, 1.54) is 16.9 Å². The van der Waals surface area contributed by atoms with Crippen LogP contribution in [-0.2, 0) is 21.2 Å². The third-order valence-electron chi connectivity index (χ3n) is 4.49. The molecule has 0 radical (unpaired) electrons. The van der Waals surface area contributed by atoms with Gasteiger partial charge in [0.1, 0.15) is 5.75 Å². The van der Waals surface area contributed by atoms with Crippen LogP contribution < -0.4 is 14.4 Å². The van der Waals surface area contributed by atoms with E-state index in [1.54, 1.807) is 24.3 Å². The lowest BCUT2D eigenvalue weighted by molar-refractivity contribution is -0.128. The van der Waals surface area contributed by atoms with Gasteiger partial charge in [0.25, 0.3) is 5.91 Å². The van der Waals surface area contributed by atoms with Crippen LogP contribution in [0.25, 0.3) is 0 Å². The van der Waals surface area contributed by atoms with Crippen LogP contribution in [0, 0.1) is 0 Å². The summed E-state index contributed by atoms with van der Waals surface area (Å²) in [7, 11) is -1.84. The van der Waals surface area contributed by atoms with Crippen molar-refractivity contribution in [2.45, 2.75) is 32.3 Å². The molecule has 0 aliphatic heterocycles. The number of hydrogen-bond donors (Lipinski definition) is 1. The van der Waals surface area contributed by atoms with Crippen molar-refractivity contribution in [3.63, 3.8) is 0 Å². The molecule has 0 fully saturated rings. The van der Waals surface area contributed by atoms with Crippen LogP contribution in [0.1, 0.15) is 25.3 Å². The molecule has 29 heavy (non-hydrogen) atoms. The molecular weight excluding hydrogens is 412 g/mol. The molecule has 0 saturated heterocycles. The summed E-state index contributed by atoms with van der Waals surface area (Å²) in [6.07, 6.45) is 2.72. The number of aryl methyl sites for hydroxylation is 1. The van der Waals surface area contributed by atoms with Gasteiger partial charge in [-0.2, -0.15) is 0 Å². The minimum absolute atomic E-state index is 0.166. The Morgan fingerprint density at radius 2 is 1.76 bits per heavy atom. The summed E-state index contributed by atoms with van der Waals surface area (Å²) in [4.78, 5) is 12.4. The SMILES string of the molecule is CCC(Oc1ccc(N(C)S(C)(=O)=O)cc1)C(=O)NCCCc1ccc(Cl)cc1. The Labute approximate surface area is 177 Å². The summed E-state index contributed by atoms with van der Waals surface area (Å²) in [5.74, 6) is 0.347. The predicted octanol–water partition coefficient (Wildman–Crippen LogP) is 3.64. The van der Waals surface area contributed by atoms with Crippen LogP contribution in [0.2, 0.25) is 5.02 Å². The fraction of sp³-hybridized carbons (Fsp3) is 0.381. The number of nitrogens with one attached hydrogen (secondary N) is 1. The van der Waals surface area contributed by atoms with Gasteiger partial charge < -0.3 is 10.1 Å². The standard InChI is InChI=1S/C21H27ClN2O4S/c1-4-20(21(25)23-15-5-6-16-7-9-17(22)10-8-16)28-19-13-11-18(12-14-19)24(2)29(3,26)27/h7-14,20H,4-6,15H2,1-3H3,(H,23,25). The normalized spacial score (nSPS) is 12.3. The second-order valence-electron chi connectivity index (χ2n) is 6.76. The van der Waals surface area contributed by atoms with Gasteiger partial charge in [-0.25, -0.2) is 8.42 Å². The first-order chi connectivity index (χ1) is 13.7. The fourth-order valence-electron chi connectivity index (χ4n) is 2.68. The highest BCUT2D eigenvalue weighted by Crippen LogP contribution is 2.21. The largest absolute Gasteiger partial charge is 0.481 e. The molecule has 0 spiro atoms. The van der Waals surface area contributed by atoms with Crippen molar-refractivity contribution >= 4 is 33.2 Å². The monoisotopic (exact) mass is 438 g/mol. The number of amides is 1. The van der Waals surface area contributed by atoms with Gasteiger partial charge in [-0.1, -0.05) is 30.7 Å². The van der Waals surface area contributed by atoms with Gasteiger partial charge >= 0.3 is 0 Å². The van der Waals surface area contributed by atoms with Crippen LogP contribution in [-0.4, -0.2) is 40.3 Å². The van der Waals surface area contributed by atoms with Crippen LogP contribution in [0.4, 0.5) is 5.69 Å². The molecule has 0 saturated carbocycles. The van der Waals surface area contributed by atoms with E-state index in [9.17, 15) is 13.2 Å². The fourth-order valence-corrected chi connectivity index (χ4v) is 3.31. The number of nitrogens with zero attached hydrogens (tertiary/aromatic N) is 1. The van der Waals surface area contributed by atoms with Gasteiger partial charge in [-0.05, 0) is 61.2 Å². The van der Waals surface area contributed by atoms with E-state index in [0.29, 0.717) is 29.4 Å². The maximum Gasteiger partial charge on any atom is 0.261 e. The van der Waals surface area contributed by atoms with E-state index in [2.05, 4.69) is 5.32 Å². The summed E-state index contributed by atoms with van der Waals surface area (Å²) < 4.78 is 30.2. The maximum atomic E-state index is 12.4. The molecule has 0 heterocycles. The van der Waals surface area contributed by atoms with Crippen molar-refractivity contribution in [1.29, 1.82) is 0 Å². The predicted molar refractivity (Wildman–Crippen MR) is 117 cm³/mol. The highest BCUT2D eigenvalue weighted by atomic mass is 35.5. The summed E-state index contributed by atoms with van der Waals surface area (Å²) >= 11 is 5.88. The smallest absolute Gasteiger partial charge is 0.261 e. The number of sulfonamides is 1. The van der Waals surface area contributed by atoms with E-state index in [4.69, 9.17) is 16.3 Å². The maximum absolute atomic E-state index is 12.4. The molecule has 0 bridgehead atoms. The summed E-state index contributed by atoms with van der Waals surface area (Å²) in [6, 6.07) is 14.3. The Bertz CT molecular complexity index is 899. The lowest BCUT2D eigenvalue weighted by Crippen LogP contribution is -2.38. The lowest BCUT2D eigenvalue weighted by atomic mass is 10.1. The topological polar surface area (TPSA) is 75.7 Å². The molecule has 8 heteroatoms. The van der Waals surface area contributed by atoms with Crippen molar-refractivity contribution in [3.05, 3.63) is 59.1 Å². The Morgan fingerprint density at radius 1 is 1.14 bits per heavy atom. The summed E-state index contributed by atoms with van der Waals surface area (Å²) in [5, 5.41) is 3.62. The Hall–Kier alpha value is -2.25. The van der Waals surface area contributed by atoms with Crippen molar-refractivity contribution in [3.8, 4) is 5.75 Å². The zero-order valence-corrected chi connectivity index (χ0v) is 18.5. The summed E-state index contributed by atoms with van der Waals surface area (Å²) in [5.41, 5.74) is 1.70. The molecule has 2 rings (SSSR count). The number of ether oxygens (including phenoxy) is 1. The van der Waals surface area contributed by atoms with E-state index >= 15 is 0 Å². The Morgan fingerprint density at radius 3 is 2.31 bits per heavy atom. The molecular formula is C21H27ClN2O4S. The number of benzene rings is 2. The molecule has 158 valence electrons. The number of carbonyl (C=O) groups is 1. The number of carbonyl (C=O) groups excluding carboxylic acids is 1. The first-order valence-electron chi connectivity index (χ1n) is 9.43. The van der Waals surface area contributed by atoms with Crippen LogP contribution in [0.15, 0.2) is 48.5 Å². The second-order valence-corrected chi connectivity index (χ2v) is 9.21. The zero-order valence-electron chi connectivity index (χ0n) is 16.9. The average molecular weight is 439 g/mol. The Kier molecular flexibility index (Phi) is 8.34. The number of halogens is 1. The van der Waals surface area contributed by atoms with Gasteiger partial charge in [0.2, 0.25) is 10.0 Å². The average Bonchev–Trinajstić information content (AvgIpc) is 2.69. The van der Waals surface area contributed by atoms with E-state index in [1.807, 2.05) is 31.2 Å². The molecule has 2 aromatic carbocycles. The quantitative estimate of drug-likeness (QED) is 0.574. The van der Waals surface area contributed by atoms with Gasteiger partial charge in [0.05, 0.1) is 11.9 Å². The molecule has 1 unspecified atom stereocenters. The van der Waals surface area contributed by atoms with Crippen molar-refractivity contribution in [1.82, 2.24) is 5.32 Å². The molecule has 1 N–H and O–H groups in total. The second kappa shape index (κ2) is 10.5. The van der Waals surface area contributed by atoms with Gasteiger partial charge in [0, 0.05) is 18.6 Å². The van der Waals surface area contributed by atoms with Crippen molar-refractivity contribution < 1.29 is 17.9 Å². The minimum atomic E-state index is -3.32. The van der Waals surface area contributed by atoms with Gasteiger partial charge in [-0.3, -0.25) is 9.10 Å². The van der Waals surface area contributed by atoms with Crippen LogP contribution >= 0.6 is 11.6 Å². The summed E-state index contributed by atoms with van der Waals surface area (Å²) in [6.45, 7) is 2.43. The molecule has 1 atom stereocenters. The van der Waals surface area contributed by atoms with E-state index < -0.39 is 16.1 Å². The van der Waals surface area contributed by atoms with Crippen molar-refractivity contribution in [2.75, 3.05) is 24.2 Å².